The highest BCUT2D eigenvalue weighted by Gasteiger charge is 2.31. The van der Waals surface area contributed by atoms with Crippen molar-refractivity contribution in [2.75, 3.05) is 38.3 Å². The van der Waals surface area contributed by atoms with E-state index < -0.39 is 5.97 Å². The summed E-state index contributed by atoms with van der Waals surface area (Å²) in [6.45, 7) is 1.84. The molecule has 0 spiro atoms. The second-order valence-electron chi connectivity index (χ2n) is 3.81. The highest BCUT2D eigenvalue weighted by atomic mass is 32.2. The molecule has 0 radical (unpaired) electrons. The molecule has 1 N–H and O–H groups in total. The number of ether oxygens (including phenoxy) is 1. The molecule has 0 aromatic heterocycles. The number of methoxy groups -OCH3 is 1. The number of hydrogen-bond acceptors (Lipinski definition) is 4. The number of carbonyl (C=O) groups is 2. The number of nitrogens with zero attached hydrogens (tertiary/aromatic N) is 1. The molecule has 1 fully saturated rings. The van der Waals surface area contributed by atoms with Gasteiger partial charge in [-0.1, -0.05) is 0 Å². The highest BCUT2D eigenvalue weighted by molar-refractivity contribution is 7.99. The van der Waals surface area contributed by atoms with E-state index >= 15 is 0 Å². The molecule has 1 aliphatic rings. The topological polar surface area (TPSA) is 66.8 Å². The maximum Gasteiger partial charge on any atom is 0.303 e. The van der Waals surface area contributed by atoms with E-state index in [0.29, 0.717) is 25.4 Å². The van der Waals surface area contributed by atoms with E-state index in [4.69, 9.17) is 9.84 Å². The Balaban J connectivity index is 2.05. The molecule has 0 bridgehead atoms. The molecule has 0 aromatic rings. The molecule has 1 rings (SSSR count). The molecular weight excluding hydrogens is 230 g/mol. The molecular formula is C10H17NO4S. The van der Waals surface area contributed by atoms with Crippen LogP contribution in [0.3, 0.4) is 0 Å². The zero-order valence-electron chi connectivity index (χ0n) is 9.35. The normalized spacial score (nSPS) is 15.9. The number of carbonyl (C=O) groups excluding carboxylic acids is 1. The molecule has 1 saturated heterocycles. The van der Waals surface area contributed by atoms with Gasteiger partial charge in [0.05, 0.1) is 18.8 Å². The quantitative estimate of drug-likeness (QED) is 0.655. The lowest BCUT2D eigenvalue weighted by Gasteiger charge is -2.38. The second kappa shape index (κ2) is 6.75. The van der Waals surface area contributed by atoms with Crippen molar-refractivity contribution in [2.24, 2.45) is 5.92 Å². The molecule has 5 nitrogen and oxygen atoms in total. The van der Waals surface area contributed by atoms with Gasteiger partial charge in [0.15, 0.2) is 0 Å². The molecule has 1 aliphatic heterocycles. The third-order valence-corrected chi connectivity index (χ3v) is 3.34. The summed E-state index contributed by atoms with van der Waals surface area (Å²) in [6.07, 6.45) is 0.167. The van der Waals surface area contributed by atoms with Crippen molar-refractivity contribution < 1.29 is 19.4 Å². The standard InChI is InChI=1S/C10H17NO4S/c1-15-2-3-16-7-9(12)11-5-8(6-11)4-10(13)14/h8H,2-7H2,1H3,(H,13,14). The van der Waals surface area contributed by atoms with Crippen LogP contribution in [0.2, 0.25) is 0 Å². The average Bonchev–Trinajstić information content (AvgIpc) is 2.17. The molecule has 0 aliphatic carbocycles. The summed E-state index contributed by atoms with van der Waals surface area (Å²) in [4.78, 5) is 23.7. The van der Waals surface area contributed by atoms with Crippen molar-refractivity contribution in [1.29, 1.82) is 0 Å². The van der Waals surface area contributed by atoms with Crippen LogP contribution in [0.1, 0.15) is 6.42 Å². The number of carboxylic acid groups (broad SMARTS) is 1. The van der Waals surface area contributed by atoms with Crippen molar-refractivity contribution in [3.8, 4) is 0 Å². The number of aliphatic carboxylic acids is 1. The summed E-state index contributed by atoms with van der Waals surface area (Å²) in [7, 11) is 1.63. The SMILES string of the molecule is COCCSCC(=O)N1CC(CC(=O)O)C1. The summed E-state index contributed by atoms with van der Waals surface area (Å²) in [6, 6.07) is 0. The van der Waals surface area contributed by atoms with Crippen molar-refractivity contribution in [2.45, 2.75) is 6.42 Å². The molecule has 0 saturated carbocycles. The van der Waals surface area contributed by atoms with E-state index in [1.165, 1.54) is 0 Å². The van der Waals surface area contributed by atoms with Crippen molar-refractivity contribution in [3.63, 3.8) is 0 Å². The number of thioether (sulfide) groups is 1. The summed E-state index contributed by atoms with van der Waals surface area (Å²) >= 11 is 1.55. The third-order valence-electron chi connectivity index (χ3n) is 2.43. The second-order valence-corrected chi connectivity index (χ2v) is 4.91. The summed E-state index contributed by atoms with van der Waals surface area (Å²) < 4.78 is 4.87. The fourth-order valence-corrected chi connectivity index (χ4v) is 2.33. The Kier molecular flexibility index (Phi) is 5.62. The number of carboxylic acids is 1. The number of likely N-dealkylation sites (tertiary alicyclic amines) is 1. The lowest BCUT2D eigenvalue weighted by atomic mass is 9.96. The van der Waals surface area contributed by atoms with Crippen molar-refractivity contribution in [1.82, 2.24) is 4.90 Å². The van der Waals surface area contributed by atoms with Crippen LogP contribution in [0, 0.1) is 5.92 Å². The predicted molar refractivity (Wildman–Crippen MR) is 61.5 cm³/mol. The average molecular weight is 247 g/mol. The minimum atomic E-state index is -0.786. The van der Waals surface area contributed by atoms with Gasteiger partial charge in [0.25, 0.3) is 0 Å². The number of rotatable bonds is 7. The summed E-state index contributed by atoms with van der Waals surface area (Å²) in [5.41, 5.74) is 0. The number of hydrogen-bond donors (Lipinski definition) is 1. The van der Waals surface area contributed by atoms with Crippen LogP contribution in [-0.4, -0.2) is 60.2 Å². The Morgan fingerprint density at radius 1 is 1.50 bits per heavy atom. The monoisotopic (exact) mass is 247 g/mol. The van der Waals surface area contributed by atoms with Crippen LogP contribution < -0.4 is 0 Å². The van der Waals surface area contributed by atoms with Gasteiger partial charge in [0.2, 0.25) is 5.91 Å². The minimum absolute atomic E-state index is 0.0998. The smallest absolute Gasteiger partial charge is 0.303 e. The Morgan fingerprint density at radius 3 is 2.75 bits per heavy atom. The molecule has 0 atom stereocenters. The van der Waals surface area contributed by atoms with Gasteiger partial charge in [-0.05, 0) is 0 Å². The molecule has 0 unspecified atom stereocenters. The third kappa shape index (κ3) is 4.40. The van der Waals surface area contributed by atoms with Gasteiger partial charge in [-0.3, -0.25) is 9.59 Å². The zero-order chi connectivity index (χ0) is 12.0. The van der Waals surface area contributed by atoms with E-state index in [0.717, 1.165) is 5.75 Å². The summed E-state index contributed by atoms with van der Waals surface area (Å²) in [5.74, 6) is 0.734. The fourth-order valence-electron chi connectivity index (χ4n) is 1.54. The van der Waals surface area contributed by atoms with Crippen LogP contribution in [0.5, 0.6) is 0 Å². The van der Waals surface area contributed by atoms with Gasteiger partial charge in [0.1, 0.15) is 0 Å². The van der Waals surface area contributed by atoms with Crippen molar-refractivity contribution >= 4 is 23.6 Å². The molecule has 92 valence electrons. The van der Waals surface area contributed by atoms with E-state index in [-0.39, 0.29) is 18.2 Å². The van der Waals surface area contributed by atoms with Crippen LogP contribution in [0.15, 0.2) is 0 Å². The Hall–Kier alpha value is -0.750. The van der Waals surface area contributed by atoms with Gasteiger partial charge in [-0.25, -0.2) is 0 Å². The van der Waals surface area contributed by atoms with Crippen LogP contribution >= 0.6 is 11.8 Å². The van der Waals surface area contributed by atoms with Crippen molar-refractivity contribution in [3.05, 3.63) is 0 Å². The van der Waals surface area contributed by atoms with Gasteiger partial charge in [-0.2, -0.15) is 0 Å². The first-order chi connectivity index (χ1) is 7.63. The van der Waals surface area contributed by atoms with Crippen LogP contribution in [0.25, 0.3) is 0 Å². The van der Waals surface area contributed by atoms with E-state index in [1.807, 2.05) is 0 Å². The van der Waals surface area contributed by atoms with Crippen LogP contribution in [0.4, 0.5) is 0 Å². The van der Waals surface area contributed by atoms with Gasteiger partial charge >= 0.3 is 5.97 Å². The van der Waals surface area contributed by atoms with Gasteiger partial charge in [0, 0.05) is 31.9 Å². The lowest BCUT2D eigenvalue weighted by Crippen LogP contribution is -2.51. The van der Waals surface area contributed by atoms with E-state index in [2.05, 4.69) is 0 Å². The van der Waals surface area contributed by atoms with Gasteiger partial charge < -0.3 is 14.7 Å². The summed E-state index contributed by atoms with van der Waals surface area (Å²) in [5, 5.41) is 8.55. The first-order valence-electron chi connectivity index (χ1n) is 5.19. The Labute approximate surface area is 99.1 Å². The molecule has 0 aromatic carbocycles. The Morgan fingerprint density at radius 2 is 2.19 bits per heavy atom. The molecule has 16 heavy (non-hydrogen) atoms. The maximum absolute atomic E-state index is 11.5. The van der Waals surface area contributed by atoms with E-state index in [1.54, 1.807) is 23.8 Å². The molecule has 1 amide bonds. The Bertz CT molecular complexity index is 253. The molecule has 1 heterocycles. The minimum Gasteiger partial charge on any atom is -0.481 e. The highest BCUT2D eigenvalue weighted by Crippen LogP contribution is 2.20. The number of amides is 1. The first kappa shape index (κ1) is 13.3. The van der Waals surface area contributed by atoms with E-state index in [9.17, 15) is 9.59 Å². The largest absolute Gasteiger partial charge is 0.481 e. The lowest BCUT2D eigenvalue weighted by molar-refractivity contribution is -0.143. The first-order valence-corrected chi connectivity index (χ1v) is 6.35. The molecule has 6 heteroatoms. The predicted octanol–water partition coefficient (Wildman–Crippen LogP) is 0.299. The zero-order valence-corrected chi connectivity index (χ0v) is 10.2. The maximum atomic E-state index is 11.5. The van der Waals surface area contributed by atoms with Gasteiger partial charge in [-0.15, -0.1) is 11.8 Å². The fraction of sp³-hybridized carbons (Fsp3) is 0.800. The van der Waals surface area contributed by atoms with Crippen LogP contribution in [-0.2, 0) is 14.3 Å².